The molecule has 290 valence electrons. The van der Waals surface area contributed by atoms with Gasteiger partial charge in [-0.15, -0.1) is 4.99 Å². The van der Waals surface area contributed by atoms with Gasteiger partial charge in [-0.2, -0.15) is 5.90 Å². The summed E-state index contributed by atoms with van der Waals surface area (Å²) < 4.78 is 5.67. The number of nitrogens with zero attached hydrogens (tertiary/aromatic N) is 3. The summed E-state index contributed by atoms with van der Waals surface area (Å²) in [5.41, 5.74) is 14.3. The Morgan fingerprint density at radius 1 is 1.08 bits per heavy atom. The second kappa shape index (κ2) is 25.7. The van der Waals surface area contributed by atoms with Gasteiger partial charge < -0.3 is 31.2 Å². The monoisotopic (exact) mass is 719 g/mol. The van der Waals surface area contributed by atoms with Crippen molar-refractivity contribution in [3.63, 3.8) is 0 Å². The van der Waals surface area contributed by atoms with Crippen LogP contribution in [0.1, 0.15) is 85.1 Å². The smallest absolute Gasteiger partial charge is 0.306 e. The average molecular weight is 720 g/mol. The number of aliphatic hydroxyl groups is 1. The Labute approximate surface area is 305 Å². The Morgan fingerprint density at radius 2 is 1.76 bits per heavy atom. The molecule has 1 aromatic rings. The molecular weight excluding hydrogens is 654 g/mol. The van der Waals surface area contributed by atoms with Crippen molar-refractivity contribution >= 4 is 17.4 Å². The molecule has 14 heteroatoms. The zero-order valence-corrected chi connectivity index (χ0v) is 31.8. The zero-order valence-electron chi connectivity index (χ0n) is 31.8. The summed E-state index contributed by atoms with van der Waals surface area (Å²) in [5.74, 6) is 10.8. The van der Waals surface area contributed by atoms with Gasteiger partial charge in [0, 0.05) is 38.0 Å². The molecule has 5 unspecified atom stereocenters. The minimum absolute atomic E-state index is 0.0240. The fourth-order valence-electron chi connectivity index (χ4n) is 5.43. The van der Waals surface area contributed by atoms with Crippen LogP contribution in [0.25, 0.3) is 5.70 Å². The number of ether oxygens (including phenoxy) is 1. The van der Waals surface area contributed by atoms with Crippen molar-refractivity contribution < 1.29 is 34.2 Å². The molecule has 1 aromatic carbocycles. The highest BCUT2D eigenvalue weighted by atomic mass is 17.4. The summed E-state index contributed by atoms with van der Waals surface area (Å²) in [6, 6.07) is 9.67. The molecule has 2 aliphatic heterocycles. The van der Waals surface area contributed by atoms with E-state index in [1.54, 1.807) is 24.2 Å². The first kappa shape index (κ1) is 45.8. The normalized spacial score (nSPS) is 27.5. The number of ketones is 1. The van der Waals surface area contributed by atoms with Crippen LogP contribution in [0, 0.1) is 11.8 Å². The number of rotatable bonds is 8. The molecule has 0 bridgehead atoms. The first-order valence-corrected chi connectivity index (χ1v) is 17.9. The van der Waals surface area contributed by atoms with Crippen LogP contribution in [0.15, 0.2) is 60.3 Å². The van der Waals surface area contributed by atoms with Crippen LogP contribution in [0.5, 0.6) is 0 Å². The number of carbonyl (C=O) groups excluding carboxylic acids is 2. The maximum absolute atomic E-state index is 12.1. The standard InChI is InChI=1S/C20H33NO3.C10H15N3.C7H17N3O4/c1-4-19-17(14-21)13-16(3)9-11-18(22)8-6-5-7-15(2)10-12-20(23)24-19;1-2-13(12)8-10(11)9-6-4-3-5-7-9;1-5-7(11)6(9(2)3)4-10(12-5)14-13-8/h9,11,13,15,17,19H,4-8,10,12,14,21H2,1-3H3;3-8H,2,11-12H2,1H3;5-7,11H,4,8H2,1-3H3/b11-9+,16-13+;10-8-;/t15-,17?,19?;;/m1../s1. The number of benzene rings is 1. The van der Waals surface area contributed by atoms with Crippen molar-refractivity contribution in [3.8, 4) is 0 Å². The third kappa shape index (κ3) is 18.8. The van der Waals surface area contributed by atoms with Crippen molar-refractivity contribution in [1.82, 2.24) is 15.1 Å². The summed E-state index contributed by atoms with van der Waals surface area (Å²) in [6.45, 7) is 11.3. The fraction of sp³-hybridized carbons (Fsp3) is 0.622. The van der Waals surface area contributed by atoms with Gasteiger partial charge in [0.15, 0.2) is 5.78 Å². The summed E-state index contributed by atoms with van der Waals surface area (Å²) >= 11 is 0. The molecule has 1 saturated heterocycles. The quantitative estimate of drug-likeness (QED) is 0.112. The van der Waals surface area contributed by atoms with Crippen LogP contribution in [0.2, 0.25) is 0 Å². The lowest BCUT2D eigenvalue weighted by molar-refractivity contribution is -0.545. The number of carbonyl (C=O) groups is 2. The minimum Gasteiger partial charge on any atom is -0.462 e. The lowest BCUT2D eigenvalue weighted by Crippen LogP contribution is -2.57. The number of cyclic esters (lactones) is 1. The molecule has 9 N–H and O–H groups in total. The number of aliphatic hydroxyl groups excluding tert-OH is 1. The third-order valence-corrected chi connectivity index (χ3v) is 8.72. The highest BCUT2D eigenvalue weighted by molar-refractivity contribution is 5.89. The topological polar surface area (TPSA) is 205 Å². The molecule has 0 amide bonds. The number of hydrogen-bond acceptors (Lipinski definition) is 14. The van der Waals surface area contributed by atoms with Crippen molar-refractivity contribution in [2.24, 2.45) is 35.0 Å². The van der Waals surface area contributed by atoms with Crippen LogP contribution in [-0.2, 0) is 29.1 Å². The van der Waals surface area contributed by atoms with Gasteiger partial charge in [0.2, 0.25) is 0 Å². The number of hydrogen-bond donors (Lipinski definition) is 5. The molecule has 0 spiro atoms. The highest BCUT2D eigenvalue weighted by Gasteiger charge is 2.36. The van der Waals surface area contributed by atoms with Gasteiger partial charge in [-0.1, -0.05) is 79.7 Å². The molecule has 14 nitrogen and oxygen atoms in total. The molecule has 0 aromatic heterocycles. The summed E-state index contributed by atoms with van der Waals surface area (Å²) in [5, 5.41) is 12.4. The van der Waals surface area contributed by atoms with E-state index in [0.717, 1.165) is 55.0 Å². The van der Waals surface area contributed by atoms with Crippen LogP contribution in [0.4, 0.5) is 0 Å². The Hall–Kier alpha value is -3.18. The van der Waals surface area contributed by atoms with E-state index >= 15 is 0 Å². The number of hydrazine groups is 1. The van der Waals surface area contributed by atoms with E-state index in [4.69, 9.17) is 32.8 Å². The molecule has 6 atom stereocenters. The Morgan fingerprint density at radius 3 is 2.35 bits per heavy atom. The molecule has 2 aliphatic rings. The van der Waals surface area contributed by atoms with Gasteiger partial charge in [-0.3, -0.25) is 14.4 Å². The van der Waals surface area contributed by atoms with E-state index < -0.39 is 6.10 Å². The number of esters is 1. The number of likely N-dealkylation sites (N-methyl/N-ethyl adjacent to an activating group) is 1. The van der Waals surface area contributed by atoms with Gasteiger partial charge >= 0.3 is 5.97 Å². The predicted molar refractivity (Wildman–Crippen MR) is 200 cm³/mol. The highest BCUT2D eigenvalue weighted by Crippen LogP contribution is 2.20. The molecule has 0 aliphatic carbocycles. The summed E-state index contributed by atoms with van der Waals surface area (Å²) in [4.78, 5) is 39.6. The van der Waals surface area contributed by atoms with Gasteiger partial charge in [-0.05, 0) is 76.9 Å². The maximum Gasteiger partial charge on any atom is 0.306 e. The van der Waals surface area contributed by atoms with Crippen molar-refractivity contribution in [2.45, 2.75) is 104 Å². The van der Waals surface area contributed by atoms with E-state index in [1.807, 2.05) is 82.3 Å². The predicted octanol–water partition coefficient (Wildman–Crippen LogP) is 3.73. The van der Waals surface area contributed by atoms with Gasteiger partial charge in [-0.25, -0.2) is 5.84 Å². The fourth-order valence-corrected chi connectivity index (χ4v) is 5.43. The largest absolute Gasteiger partial charge is 0.462 e. The maximum atomic E-state index is 12.1. The van der Waals surface area contributed by atoms with E-state index in [2.05, 4.69) is 16.9 Å². The molecule has 3 rings (SSSR count). The van der Waals surface area contributed by atoms with E-state index in [1.165, 1.54) is 0 Å². The molecule has 1 fully saturated rings. The Balaban J connectivity index is 0.000000410. The van der Waals surface area contributed by atoms with Crippen LogP contribution in [-0.4, -0.2) is 90.1 Å². The van der Waals surface area contributed by atoms with E-state index in [9.17, 15) is 14.7 Å². The Bertz CT molecular complexity index is 1210. The molecule has 0 radical (unpaired) electrons. The van der Waals surface area contributed by atoms with Crippen LogP contribution in [0.3, 0.4) is 0 Å². The van der Waals surface area contributed by atoms with Crippen molar-refractivity contribution in [3.05, 3.63) is 65.9 Å². The summed E-state index contributed by atoms with van der Waals surface area (Å²) in [6.07, 6.45) is 11.7. The molecular formula is C37H65N7O7. The van der Waals surface area contributed by atoms with Crippen molar-refractivity contribution in [1.29, 1.82) is 0 Å². The minimum atomic E-state index is -0.567. The van der Waals surface area contributed by atoms with Crippen molar-refractivity contribution in [2.75, 3.05) is 33.7 Å². The van der Waals surface area contributed by atoms with Gasteiger partial charge in [0.25, 0.3) is 0 Å². The van der Waals surface area contributed by atoms with Gasteiger partial charge in [0.1, 0.15) is 12.2 Å². The SMILES string of the molecule is CC1ON(OON)CC(N(C)C)C1O.CCC1OC(=O)CC[C@H](C)CCCCC(=O)/C=C/C(C)=C/C1CN.CCN(N)/C=C(\N)c1ccccc1. The third-order valence-electron chi connectivity index (χ3n) is 8.72. The first-order chi connectivity index (χ1) is 24.3. The van der Waals surface area contributed by atoms with E-state index in [0.29, 0.717) is 37.5 Å². The lowest BCUT2D eigenvalue weighted by Gasteiger charge is -2.40. The lowest BCUT2D eigenvalue weighted by atomic mass is 9.95. The first-order valence-electron chi connectivity index (χ1n) is 17.9. The summed E-state index contributed by atoms with van der Waals surface area (Å²) in [7, 11) is 3.74. The van der Waals surface area contributed by atoms with Crippen LogP contribution >= 0.6 is 0 Å². The van der Waals surface area contributed by atoms with E-state index in [-0.39, 0.29) is 35.9 Å². The van der Waals surface area contributed by atoms with Crippen LogP contribution < -0.4 is 23.2 Å². The molecule has 2 heterocycles. The van der Waals surface area contributed by atoms with Gasteiger partial charge in [0.05, 0.1) is 24.4 Å². The number of nitrogens with two attached hydrogens (primary N) is 4. The Kier molecular flexibility index (Phi) is 23.1. The zero-order chi connectivity index (χ0) is 38.3. The molecule has 0 saturated carbocycles. The average Bonchev–Trinajstić information content (AvgIpc) is 3.11. The second-order valence-corrected chi connectivity index (χ2v) is 13.2. The number of hydroxylamine groups is 2. The second-order valence-electron chi connectivity index (χ2n) is 13.2. The molecule has 51 heavy (non-hydrogen) atoms. The number of allylic oxidation sites excluding steroid dienone is 3.